The number of nitrogens with zero attached hydrogens (tertiary/aromatic N) is 2. The average Bonchev–Trinajstić information content (AvgIpc) is 2.41. The Hall–Kier alpha value is -1.26. The van der Waals surface area contributed by atoms with Crippen LogP contribution in [0.5, 0.6) is 11.5 Å². The number of phenolic OH excluding ortho intramolecular Hbond substituents is 1. The van der Waals surface area contributed by atoms with E-state index < -0.39 is 0 Å². The Bertz CT molecular complexity index is 428. The molecule has 1 saturated heterocycles. The van der Waals surface area contributed by atoms with Crippen LogP contribution < -0.4 is 4.74 Å². The van der Waals surface area contributed by atoms with Crippen LogP contribution in [0.4, 0.5) is 0 Å². The van der Waals surface area contributed by atoms with Gasteiger partial charge < -0.3 is 19.6 Å². The molecule has 112 valence electrons. The van der Waals surface area contributed by atoms with Gasteiger partial charge in [-0.05, 0) is 63.6 Å². The van der Waals surface area contributed by atoms with Gasteiger partial charge >= 0.3 is 0 Å². The number of likely N-dealkylation sites (tertiary alicyclic amines) is 1. The molecule has 0 aliphatic carbocycles. The predicted molar refractivity (Wildman–Crippen MR) is 81.2 cm³/mol. The first-order valence-electron chi connectivity index (χ1n) is 7.31. The SMILES string of the molecule is COc1ccc(CN(C)CC2CCN(C)CC2)cc1O. The summed E-state index contributed by atoms with van der Waals surface area (Å²) < 4.78 is 5.07. The third kappa shape index (κ3) is 4.12. The summed E-state index contributed by atoms with van der Waals surface area (Å²) in [5.74, 6) is 1.55. The van der Waals surface area contributed by atoms with Crippen LogP contribution in [-0.2, 0) is 6.54 Å². The molecule has 4 heteroatoms. The van der Waals surface area contributed by atoms with E-state index in [2.05, 4.69) is 23.9 Å². The fraction of sp³-hybridized carbons (Fsp3) is 0.625. The van der Waals surface area contributed by atoms with E-state index >= 15 is 0 Å². The van der Waals surface area contributed by atoms with E-state index in [1.165, 1.54) is 25.9 Å². The minimum atomic E-state index is 0.220. The van der Waals surface area contributed by atoms with Gasteiger partial charge in [-0.25, -0.2) is 0 Å². The molecule has 1 fully saturated rings. The van der Waals surface area contributed by atoms with Gasteiger partial charge in [-0.15, -0.1) is 0 Å². The largest absolute Gasteiger partial charge is 0.504 e. The minimum absolute atomic E-state index is 0.220. The van der Waals surface area contributed by atoms with Crippen molar-refractivity contribution >= 4 is 0 Å². The highest BCUT2D eigenvalue weighted by Gasteiger charge is 2.18. The van der Waals surface area contributed by atoms with E-state index in [0.29, 0.717) is 5.75 Å². The molecular weight excluding hydrogens is 252 g/mol. The fourth-order valence-electron chi connectivity index (χ4n) is 2.90. The summed E-state index contributed by atoms with van der Waals surface area (Å²) in [6.45, 7) is 4.41. The molecule has 0 spiro atoms. The van der Waals surface area contributed by atoms with Crippen LogP contribution in [0.2, 0.25) is 0 Å². The molecule has 0 saturated carbocycles. The lowest BCUT2D eigenvalue weighted by molar-refractivity contribution is 0.173. The second-order valence-corrected chi connectivity index (χ2v) is 5.95. The number of aromatic hydroxyl groups is 1. The van der Waals surface area contributed by atoms with E-state index in [-0.39, 0.29) is 5.75 Å². The van der Waals surface area contributed by atoms with Crippen LogP contribution in [0.15, 0.2) is 18.2 Å². The molecule has 20 heavy (non-hydrogen) atoms. The van der Waals surface area contributed by atoms with E-state index in [9.17, 15) is 5.11 Å². The molecule has 2 rings (SSSR count). The summed E-state index contributed by atoms with van der Waals surface area (Å²) in [4.78, 5) is 4.75. The van der Waals surface area contributed by atoms with Crippen molar-refractivity contribution in [2.45, 2.75) is 19.4 Å². The second-order valence-electron chi connectivity index (χ2n) is 5.95. The molecule has 1 heterocycles. The number of piperidine rings is 1. The average molecular weight is 278 g/mol. The minimum Gasteiger partial charge on any atom is -0.504 e. The van der Waals surface area contributed by atoms with Crippen molar-refractivity contribution in [2.75, 3.05) is 40.8 Å². The number of benzene rings is 1. The second kappa shape index (κ2) is 6.95. The van der Waals surface area contributed by atoms with Crippen molar-refractivity contribution in [3.8, 4) is 11.5 Å². The van der Waals surface area contributed by atoms with E-state index in [1.54, 1.807) is 13.2 Å². The zero-order chi connectivity index (χ0) is 14.5. The Morgan fingerprint density at radius 2 is 2.05 bits per heavy atom. The lowest BCUT2D eigenvalue weighted by Crippen LogP contribution is -2.35. The normalized spacial score (nSPS) is 17.6. The molecule has 0 aromatic heterocycles. The first-order valence-corrected chi connectivity index (χ1v) is 7.31. The summed E-state index contributed by atoms with van der Waals surface area (Å²) >= 11 is 0. The molecule has 1 aliphatic heterocycles. The molecule has 1 aromatic rings. The summed E-state index contributed by atoms with van der Waals surface area (Å²) in [5.41, 5.74) is 1.12. The van der Waals surface area contributed by atoms with Gasteiger partial charge in [0.25, 0.3) is 0 Å². The van der Waals surface area contributed by atoms with Crippen LogP contribution in [0.3, 0.4) is 0 Å². The monoisotopic (exact) mass is 278 g/mol. The number of phenols is 1. The maximum atomic E-state index is 9.81. The molecular formula is C16H26N2O2. The molecule has 1 N–H and O–H groups in total. The third-order valence-electron chi connectivity index (χ3n) is 4.10. The standard InChI is InChI=1S/C16H26N2O2/c1-17-8-6-13(7-9-17)11-18(2)12-14-4-5-16(20-3)15(19)10-14/h4-5,10,13,19H,6-9,11-12H2,1-3H3. The quantitative estimate of drug-likeness (QED) is 0.895. The highest BCUT2D eigenvalue weighted by molar-refractivity contribution is 5.41. The van der Waals surface area contributed by atoms with Gasteiger partial charge in [0.2, 0.25) is 0 Å². The topological polar surface area (TPSA) is 35.9 Å². The van der Waals surface area contributed by atoms with Gasteiger partial charge in [-0.1, -0.05) is 6.07 Å². The molecule has 0 atom stereocenters. The van der Waals surface area contributed by atoms with E-state index in [0.717, 1.165) is 24.6 Å². The van der Waals surface area contributed by atoms with Gasteiger partial charge in [0.05, 0.1) is 7.11 Å². The van der Waals surface area contributed by atoms with Gasteiger partial charge in [-0.3, -0.25) is 0 Å². The lowest BCUT2D eigenvalue weighted by Gasteiger charge is -2.31. The number of rotatable bonds is 5. The van der Waals surface area contributed by atoms with Crippen LogP contribution >= 0.6 is 0 Å². The van der Waals surface area contributed by atoms with Crippen molar-refractivity contribution in [2.24, 2.45) is 5.92 Å². The first kappa shape index (κ1) is 15.1. The van der Waals surface area contributed by atoms with Crippen LogP contribution in [0, 0.1) is 5.92 Å². The summed E-state index contributed by atoms with van der Waals surface area (Å²) in [7, 11) is 5.92. The highest BCUT2D eigenvalue weighted by atomic mass is 16.5. The number of methoxy groups -OCH3 is 1. The molecule has 1 aliphatic rings. The predicted octanol–water partition coefficient (Wildman–Crippen LogP) is 2.17. The van der Waals surface area contributed by atoms with E-state index in [4.69, 9.17) is 4.74 Å². The van der Waals surface area contributed by atoms with Crippen molar-refractivity contribution < 1.29 is 9.84 Å². The maximum absolute atomic E-state index is 9.81. The van der Waals surface area contributed by atoms with Crippen LogP contribution in [0.25, 0.3) is 0 Å². The summed E-state index contributed by atoms with van der Waals surface area (Å²) in [6.07, 6.45) is 2.57. The third-order valence-corrected chi connectivity index (χ3v) is 4.10. The summed E-state index contributed by atoms with van der Waals surface area (Å²) in [6, 6.07) is 5.64. The van der Waals surface area contributed by atoms with Crippen molar-refractivity contribution in [3.05, 3.63) is 23.8 Å². The molecule has 4 nitrogen and oxygen atoms in total. The maximum Gasteiger partial charge on any atom is 0.160 e. The van der Waals surface area contributed by atoms with Crippen molar-refractivity contribution in [1.29, 1.82) is 0 Å². The Kier molecular flexibility index (Phi) is 5.26. The summed E-state index contributed by atoms with van der Waals surface area (Å²) in [5, 5.41) is 9.81. The van der Waals surface area contributed by atoms with Gasteiger partial charge in [-0.2, -0.15) is 0 Å². The fourth-order valence-corrected chi connectivity index (χ4v) is 2.90. The number of hydrogen-bond donors (Lipinski definition) is 1. The lowest BCUT2D eigenvalue weighted by atomic mass is 9.96. The van der Waals surface area contributed by atoms with Gasteiger partial charge in [0.15, 0.2) is 11.5 Å². The zero-order valence-electron chi connectivity index (χ0n) is 12.8. The Balaban J connectivity index is 1.85. The first-order chi connectivity index (χ1) is 9.58. The Morgan fingerprint density at radius 1 is 1.35 bits per heavy atom. The number of ether oxygens (including phenoxy) is 1. The van der Waals surface area contributed by atoms with Crippen LogP contribution in [0.1, 0.15) is 18.4 Å². The van der Waals surface area contributed by atoms with E-state index in [1.807, 2.05) is 12.1 Å². The molecule has 1 aromatic carbocycles. The molecule has 0 unspecified atom stereocenters. The smallest absolute Gasteiger partial charge is 0.160 e. The highest BCUT2D eigenvalue weighted by Crippen LogP contribution is 2.27. The van der Waals surface area contributed by atoms with Crippen molar-refractivity contribution in [1.82, 2.24) is 9.80 Å². The van der Waals surface area contributed by atoms with Gasteiger partial charge in [0, 0.05) is 13.1 Å². The number of hydrogen-bond acceptors (Lipinski definition) is 4. The molecule has 0 radical (unpaired) electrons. The Morgan fingerprint density at radius 3 is 2.65 bits per heavy atom. The van der Waals surface area contributed by atoms with Gasteiger partial charge in [0.1, 0.15) is 0 Å². The molecule has 0 amide bonds. The zero-order valence-corrected chi connectivity index (χ0v) is 12.8. The van der Waals surface area contributed by atoms with Crippen LogP contribution in [-0.4, -0.2) is 55.7 Å². The molecule has 0 bridgehead atoms. The Labute approximate surface area is 122 Å². The van der Waals surface area contributed by atoms with Crippen molar-refractivity contribution in [3.63, 3.8) is 0 Å².